The smallest absolute Gasteiger partial charge is 0.233 e. The third kappa shape index (κ3) is 4.04. The highest BCUT2D eigenvalue weighted by molar-refractivity contribution is 5.87. The van der Waals surface area contributed by atoms with E-state index in [9.17, 15) is 0 Å². The molecule has 2 N–H and O–H groups in total. The second kappa shape index (κ2) is 8.92. The predicted molar refractivity (Wildman–Crippen MR) is 120 cm³/mol. The fourth-order valence-electron chi connectivity index (χ4n) is 3.19. The van der Waals surface area contributed by atoms with Crippen LogP contribution in [-0.2, 0) is 0 Å². The van der Waals surface area contributed by atoms with Gasteiger partial charge in [-0.15, -0.1) is 0 Å². The van der Waals surface area contributed by atoms with E-state index in [-0.39, 0.29) is 6.04 Å². The number of nitrogens with zero attached hydrogens (tertiary/aromatic N) is 6. The van der Waals surface area contributed by atoms with Gasteiger partial charge in [0.05, 0.1) is 27.7 Å². The molecule has 1 aromatic carbocycles. The van der Waals surface area contributed by atoms with Crippen LogP contribution in [0.3, 0.4) is 0 Å². The molecule has 32 heavy (non-hydrogen) atoms. The van der Waals surface area contributed by atoms with E-state index in [1.807, 2.05) is 4.57 Å². The van der Waals surface area contributed by atoms with E-state index in [2.05, 4.69) is 49.4 Å². The topological polar surface area (TPSA) is 121 Å². The van der Waals surface area contributed by atoms with E-state index < -0.39 is 0 Å². The van der Waals surface area contributed by atoms with Crippen molar-refractivity contribution in [1.82, 2.24) is 29.5 Å². The zero-order chi connectivity index (χ0) is 22.7. The van der Waals surface area contributed by atoms with Crippen molar-refractivity contribution in [2.24, 2.45) is 0 Å². The molecule has 0 aliphatic rings. The molecular weight excluding hydrogens is 412 g/mol. The van der Waals surface area contributed by atoms with Crippen molar-refractivity contribution in [3.05, 3.63) is 36.9 Å². The van der Waals surface area contributed by atoms with E-state index in [1.54, 1.807) is 58.2 Å². The number of imidazole rings is 1. The molecule has 0 unspecified atom stereocenters. The Morgan fingerprint density at radius 2 is 1.53 bits per heavy atom. The molecule has 0 bridgehead atoms. The molecule has 0 radical (unpaired) electrons. The van der Waals surface area contributed by atoms with Crippen molar-refractivity contribution in [3.8, 4) is 17.2 Å². The first-order valence-electron chi connectivity index (χ1n) is 9.89. The van der Waals surface area contributed by atoms with Gasteiger partial charge in [-0.25, -0.2) is 15.0 Å². The minimum Gasteiger partial charge on any atom is -0.493 e. The standard InChI is InChI=1S/C21H24N8O3/c1-12(2)29-11-24-16-18(25-13-9-14(30-3)17(32-5)15(10-13)31-4)26-21(27-19(16)29)28-20-22-7-6-8-23-20/h6-12H,1-5H3,(H2,22,23,25,26,27,28). The lowest BCUT2D eigenvalue weighted by Gasteiger charge is -2.15. The summed E-state index contributed by atoms with van der Waals surface area (Å²) in [6.45, 7) is 4.12. The average molecular weight is 436 g/mol. The number of ether oxygens (including phenoxy) is 3. The Balaban J connectivity index is 1.81. The second-order valence-electron chi connectivity index (χ2n) is 7.05. The minimum atomic E-state index is 0.157. The number of benzene rings is 1. The number of hydrogen-bond acceptors (Lipinski definition) is 10. The first-order chi connectivity index (χ1) is 15.5. The summed E-state index contributed by atoms with van der Waals surface area (Å²) in [6.07, 6.45) is 5.02. The molecule has 0 atom stereocenters. The van der Waals surface area contributed by atoms with Gasteiger partial charge >= 0.3 is 0 Å². The highest BCUT2D eigenvalue weighted by atomic mass is 16.5. The van der Waals surface area contributed by atoms with Crippen molar-refractivity contribution in [2.75, 3.05) is 32.0 Å². The van der Waals surface area contributed by atoms with Crippen LogP contribution in [0, 0.1) is 0 Å². The van der Waals surface area contributed by atoms with Gasteiger partial charge in [0, 0.05) is 36.3 Å². The zero-order valence-electron chi connectivity index (χ0n) is 18.4. The van der Waals surface area contributed by atoms with E-state index in [1.165, 1.54) is 0 Å². The SMILES string of the molecule is COc1cc(Nc2nc(Nc3ncccn3)nc3c2ncn3C(C)C)cc(OC)c1OC. The molecule has 4 rings (SSSR count). The third-order valence-corrected chi connectivity index (χ3v) is 4.69. The number of methoxy groups -OCH3 is 3. The van der Waals surface area contributed by atoms with E-state index in [0.717, 1.165) is 0 Å². The molecule has 0 amide bonds. The molecule has 11 heteroatoms. The summed E-state index contributed by atoms with van der Waals surface area (Å²) >= 11 is 0. The highest BCUT2D eigenvalue weighted by Crippen LogP contribution is 2.41. The Morgan fingerprint density at radius 1 is 0.844 bits per heavy atom. The van der Waals surface area contributed by atoms with Gasteiger partial charge < -0.3 is 24.1 Å². The van der Waals surface area contributed by atoms with Gasteiger partial charge in [-0.05, 0) is 19.9 Å². The highest BCUT2D eigenvalue weighted by Gasteiger charge is 2.18. The Hall–Kier alpha value is -4.15. The fraction of sp³-hybridized carbons (Fsp3) is 0.286. The van der Waals surface area contributed by atoms with Gasteiger partial charge in [-0.1, -0.05) is 0 Å². The van der Waals surface area contributed by atoms with Crippen molar-refractivity contribution in [3.63, 3.8) is 0 Å². The quantitative estimate of drug-likeness (QED) is 0.423. The van der Waals surface area contributed by atoms with Crippen LogP contribution < -0.4 is 24.8 Å². The van der Waals surface area contributed by atoms with Crippen LogP contribution in [0.2, 0.25) is 0 Å². The molecular formula is C21H24N8O3. The van der Waals surface area contributed by atoms with Gasteiger partial charge in [0.2, 0.25) is 17.6 Å². The maximum atomic E-state index is 5.46. The number of fused-ring (bicyclic) bond motifs is 1. The van der Waals surface area contributed by atoms with Crippen LogP contribution in [0.5, 0.6) is 17.2 Å². The summed E-state index contributed by atoms with van der Waals surface area (Å²) in [5, 5.41) is 6.35. The van der Waals surface area contributed by atoms with Crippen LogP contribution in [-0.4, -0.2) is 50.8 Å². The number of anilines is 4. The molecule has 0 spiro atoms. The monoisotopic (exact) mass is 436 g/mol. The van der Waals surface area contributed by atoms with Crippen molar-refractivity contribution >= 4 is 34.6 Å². The molecule has 0 aliphatic heterocycles. The van der Waals surface area contributed by atoms with E-state index in [0.29, 0.717) is 51.8 Å². The number of rotatable bonds is 8. The van der Waals surface area contributed by atoms with Gasteiger partial charge in [0.15, 0.2) is 28.5 Å². The van der Waals surface area contributed by atoms with Crippen molar-refractivity contribution in [2.45, 2.75) is 19.9 Å². The van der Waals surface area contributed by atoms with Gasteiger partial charge in [0.25, 0.3) is 0 Å². The Bertz CT molecular complexity index is 1200. The first kappa shape index (κ1) is 21.1. The lowest BCUT2D eigenvalue weighted by molar-refractivity contribution is 0.324. The number of aromatic nitrogens is 6. The molecule has 0 saturated heterocycles. The Labute approximate surface area is 184 Å². The van der Waals surface area contributed by atoms with Crippen LogP contribution in [0.4, 0.5) is 23.4 Å². The van der Waals surface area contributed by atoms with Crippen LogP contribution in [0.25, 0.3) is 11.2 Å². The Morgan fingerprint density at radius 3 is 2.12 bits per heavy atom. The van der Waals surface area contributed by atoms with Crippen LogP contribution >= 0.6 is 0 Å². The molecule has 11 nitrogen and oxygen atoms in total. The van der Waals surface area contributed by atoms with Gasteiger partial charge in [-0.2, -0.15) is 9.97 Å². The second-order valence-corrected chi connectivity index (χ2v) is 7.05. The van der Waals surface area contributed by atoms with Crippen LogP contribution in [0.1, 0.15) is 19.9 Å². The zero-order valence-corrected chi connectivity index (χ0v) is 18.4. The molecule has 4 aromatic rings. The number of hydrogen-bond donors (Lipinski definition) is 2. The van der Waals surface area contributed by atoms with Crippen LogP contribution in [0.15, 0.2) is 36.9 Å². The molecule has 0 fully saturated rings. The lowest BCUT2D eigenvalue weighted by atomic mass is 10.2. The van der Waals surface area contributed by atoms with E-state index >= 15 is 0 Å². The fourth-order valence-corrected chi connectivity index (χ4v) is 3.19. The third-order valence-electron chi connectivity index (χ3n) is 4.69. The predicted octanol–water partition coefficient (Wildman–Crippen LogP) is 3.71. The van der Waals surface area contributed by atoms with Gasteiger partial charge in [-0.3, -0.25) is 5.32 Å². The number of nitrogens with one attached hydrogen (secondary N) is 2. The lowest BCUT2D eigenvalue weighted by Crippen LogP contribution is -2.07. The summed E-state index contributed by atoms with van der Waals surface area (Å²) in [4.78, 5) is 22.2. The Kier molecular flexibility index (Phi) is 5.88. The van der Waals surface area contributed by atoms with Crippen molar-refractivity contribution < 1.29 is 14.2 Å². The normalized spacial score (nSPS) is 10.9. The maximum Gasteiger partial charge on any atom is 0.233 e. The molecule has 3 aromatic heterocycles. The summed E-state index contributed by atoms with van der Waals surface area (Å²) in [6, 6.07) is 5.48. The summed E-state index contributed by atoms with van der Waals surface area (Å²) < 4.78 is 18.3. The average Bonchev–Trinajstić information content (AvgIpc) is 3.23. The molecule has 166 valence electrons. The first-order valence-corrected chi connectivity index (χ1v) is 9.89. The van der Waals surface area contributed by atoms with E-state index in [4.69, 9.17) is 14.2 Å². The summed E-state index contributed by atoms with van der Waals surface area (Å²) in [5.74, 6) is 2.76. The van der Waals surface area contributed by atoms with Crippen molar-refractivity contribution in [1.29, 1.82) is 0 Å². The maximum absolute atomic E-state index is 5.46. The largest absolute Gasteiger partial charge is 0.493 e. The van der Waals surface area contributed by atoms with Gasteiger partial charge in [0.1, 0.15) is 0 Å². The molecule has 0 saturated carbocycles. The summed E-state index contributed by atoms with van der Waals surface area (Å²) in [7, 11) is 4.69. The molecule has 0 aliphatic carbocycles. The minimum absolute atomic E-state index is 0.157. The summed E-state index contributed by atoms with van der Waals surface area (Å²) in [5.41, 5.74) is 1.97. The molecule has 3 heterocycles.